The van der Waals surface area contributed by atoms with Crippen molar-refractivity contribution < 1.29 is 22.5 Å². The molecule has 0 aliphatic heterocycles. The van der Waals surface area contributed by atoms with Gasteiger partial charge in [-0.3, -0.25) is 0 Å². The van der Waals surface area contributed by atoms with Crippen LogP contribution in [0.4, 0.5) is 5.88 Å². The van der Waals surface area contributed by atoms with E-state index < -0.39 is 16.0 Å². The summed E-state index contributed by atoms with van der Waals surface area (Å²) in [4.78, 5) is 11.5. The molecule has 0 atom stereocenters. The maximum Gasteiger partial charge on any atom is 0.339 e. The van der Waals surface area contributed by atoms with E-state index in [1.54, 1.807) is 19.9 Å². The minimum Gasteiger partial charge on any atom is -0.465 e. The van der Waals surface area contributed by atoms with Crippen LogP contribution < -0.4 is 4.72 Å². The highest BCUT2D eigenvalue weighted by molar-refractivity contribution is 7.92. The van der Waals surface area contributed by atoms with Crippen LogP contribution in [0.2, 0.25) is 0 Å². The van der Waals surface area contributed by atoms with E-state index in [4.69, 9.17) is 4.52 Å². The molecule has 0 aliphatic carbocycles. The first kappa shape index (κ1) is 15.0. The van der Waals surface area contributed by atoms with Crippen LogP contribution in [0, 0.1) is 13.8 Å². The van der Waals surface area contributed by atoms with Crippen molar-refractivity contribution in [2.24, 2.45) is 0 Å². The standard InChI is InChI=1S/C13H14N2O5S/c1-8-9(2)14-20-12(8)15-21(17,18)11-7-5-4-6-10(11)13(16)19-3/h4-7,15H,1-3H3. The first-order valence-corrected chi connectivity index (χ1v) is 7.48. The second kappa shape index (κ2) is 5.57. The molecule has 2 aromatic rings. The fraction of sp³-hybridized carbons (Fsp3) is 0.231. The van der Waals surface area contributed by atoms with Crippen LogP contribution in [-0.2, 0) is 14.8 Å². The number of rotatable bonds is 4. The lowest BCUT2D eigenvalue weighted by Gasteiger charge is -2.09. The number of esters is 1. The van der Waals surface area contributed by atoms with Gasteiger partial charge in [0.15, 0.2) is 0 Å². The van der Waals surface area contributed by atoms with Gasteiger partial charge in [-0.1, -0.05) is 17.3 Å². The van der Waals surface area contributed by atoms with Gasteiger partial charge in [-0.15, -0.1) is 0 Å². The molecule has 2 rings (SSSR count). The second-order valence-electron chi connectivity index (χ2n) is 4.32. The van der Waals surface area contributed by atoms with Gasteiger partial charge in [0.2, 0.25) is 5.88 Å². The van der Waals surface area contributed by atoms with Gasteiger partial charge in [0.25, 0.3) is 10.0 Å². The average Bonchev–Trinajstić information content (AvgIpc) is 2.78. The molecule has 7 nitrogen and oxygen atoms in total. The number of carbonyl (C=O) groups excluding carboxylic acids is 1. The number of carbonyl (C=O) groups is 1. The Kier molecular flexibility index (Phi) is 3.99. The highest BCUT2D eigenvalue weighted by Gasteiger charge is 2.25. The van der Waals surface area contributed by atoms with Crippen LogP contribution >= 0.6 is 0 Å². The number of ether oxygens (including phenoxy) is 1. The molecule has 0 fully saturated rings. The number of anilines is 1. The summed E-state index contributed by atoms with van der Waals surface area (Å²) >= 11 is 0. The largest absolute Gasteiger partial charge is 0.465 e. The van der Waals surface area contributed by atoms with E-state index in [0.717, 1.165) is 0 Å². The predicted molar refractivity (Wildman–Crippen MR) is 74.6 cm³/mol. The van der Waals surface area contributed by atoms with Crippen molar-refractivity contribution in [1.29, 1.82) is 0 Å². The first-order valence-electron chi connectivity index (χ1n) is 6.00. The number of aryl methyl sites for hydroxylation is 1. The van der Waals surface area contributed by atoms with Gasteiger partial charge in [-0.05, 0) is 26.0 Å². The van der Waals surface area contributed by atoms with Gasteiger partial charge in [0, 0.05) is 5.56 Å². The van der Waals surface area contributed by atoms with Crippen LogP contribution in [0.25, 0.3) is 0 Å². The zero-order valence-electron chi connectivity index (χ0n) is 11.7. The molecule has 0 spiro atoms. The summed E-state index contributed by atoms with van der Waals surface area (Å²) in [5.41, 5.74) is 1.10. The quantitative estimate of drug-likeness (QED) is 0.866. The monoisotopic (exact) mass is 310 g/mol. The van der Waals surface area contributed by atoms with E-state index in [1.807, 2.05) is 0 Å². The number of hydrogen-bond donors (Lipinski definition) is 1. The molecule has 0 bridgehead atoms. The van der Waals surface area contributed by atoms with Gasteiger partial charge >= 0.3 is 5.97 Å². The number of nitrogens with zero attached hydrogens (tertiary/aromatic N) is 1. The third-order valence-electron chi connectivity index (χ3n) is 2.97. The zero-order valence-corrected chi connectivity index (χ0v) is 12.5. The molecule has 1 N–H and O–H groups in total. The molecular formula is C13H14N2O5S. The maximum atomic E-state index is 12.4. The Morgan fingerprint density at radius 1 is 1.29 bits per heavy atom. The molecule has 0 amide bonds. The molecule has 1 heterocycles. The van der Waals surface area contributed by atoms with E-state index >= 15 is 0 Å². The summed E-state index contributed by atoms with van der Waals surface area (Å²) < 4.78 is 36.6. The van der Waals surface area contributed by atoms with Crippen molar-refractivity contribution in [3.8, 4) is 0 Å². The number of aromatic nitrogens is 1. The smallest absolute Gasteiger partial charge is 0.339 e. The van der Waals surface area contributed by atoms with Crippen LogP contribution in [0.3, 0.4) is 0 Å². The van der Waals surface area contributed by atoms with Crippen molar-refractivity contribution in [3.05, 3.63) is 41.1 Å². The van der Waals surface area contributed by atoms with E-state index in [0.29, 0.717) is 11.3 Å². The topological polar surface area (TPSA) is 98.5 Å². The van der Waals surface area contributed by atoms with Crippen molar-refractivity contribution in [2.75, 3.05) is 11.8 Å². The number of nitrogens with one attached hydrogen (secondary N) is 1. The van der Waals surface area contributed by atoms with Gasteiger partial charge in [0.05, 0.1) is 18.4 Å². The van der Waals surface area contributed by atoms with Crippen molar-refractivity contribution in [3.63, 3.8) is 0 Å². The minimum absolute atomic E-state index is 0.0205. The third-order valence-corrected chi connectivity index (χ3v) is 4.36. The minimum atomic E-state index is -3.99. The van der Waals surface area contributed by atoms with E-state index in [1.165, 1.54) is 25.3 Å². The molecule has 0 saturated carbocycles. The predicted octanol–water partition coefficient (Wildman–Crippen LogP) is 1.88. The molecule has 21 heavy (non-hydrogen) atoms. The Labute approximate surface area is 121 Å². The Bertz CT molecular complexity index is 780. The molecule has 112 valence electrons. The Morgan fingerprint density at radius 2 is 1.95 bits per heavy atom. The highest BCUT2D eigenvalue weighted by atomic mass is 32.2. The number of methoxy groups -OCH3 is 1. The first-order chi connectivity index (χ1) is 9.86. The second-order valence-corrected chi connectivity index (χ2v) is 5.97. The van der Waals surface area contributed by atoms with Crippen molar-refractivity contribution >= 4 is 21.9 Å². The number of benzene rings is 1. The molecule has 8 heteroatoms. The summed E-state index contributed by atoms with van der Waals surface area (Å²) in [6.07, 6.45) is 0. The van der Waals surface area contributed by atoms with Gasteiger partial charge in [-0.2, -0.15) is 0 Å². The number of hydrogen-bond acceptors (Lipinski definition) is 6. The average molecular weight is 310 g/mol. The van der Waals surface area contributed by atoms with Crippen molar-refractivity contribution in [1.82, 2.24) is 5.16 Å². The molecular weight excluding hydrogens is 296 g/mol. The molecule has 1 aromatic carbocycles. The normalized spacial score (nSPS) is 11.2. The Morgan fingerprint density at radius 3 is 2.52 bits per heavy atom. The van der Waals surface area contributed by atoms with E-state index in [2.05, 4.69) is 14.6 Å². The lowest BCUT2D eigenvalue weighted by molar-refractivity contribution is 0.0596. The van der Waals surface area contributed by atoms with Crippen LogP contribution in [-0.4, -0.2) is 26.7 Å². The van der Waals surface area contributed by atoms with E-state index in [-0.39, 0.29) is 16.3 Å². The summed E-state index contributed by atoms with van der Waals surface area (Å²) in [5, 5.41) is 3.67. The Hall–Kier alpha value is -2.35. The molecule has 0 radical (unpaired) electrons. The maximum absolute atomic E-state index is 12.4. The fourth-order valence-electron chi connectivity index (χ4n) is 1.67. The SMILES string of the molecule is COC(=O)c1ccccc1S(=O)(=O)Nc1onc(C)c1C. The Balaban J connectivity index is 2.45. The zero-order chi connectivity index (χ0) is 15.6. The summed E-state index contributed by atoms with van der Waals surface area (Å²) in [6, 6.07) is 5.75. The van der Waals surface area contributed by atoms with E-state index in [9.17, 15) is 13.2 Å². The van der Waals surface area contributed by atoms with Gasteiger partial charge in [-0.25, -0.2) is 17.9 Å². The van der Waals surface area contributed by atoms with Crippen molar-refractivity contribution in [2.45, 2.75) is 18.7 Å². The fourth-order valence-corrected chi connectivity index (χ4v) is 2.91. The van der Waals surface area contributed by atoms with Gasteiger partial charge in [0.1, 0.15) is 4.90 Å². The summed E-state index contributed by atoms with van der Waals surface area (Å²) in [5.74, 6) is -0.714. The molecule has 1 aromatic heterocycles. The highest BCUT2D eigenvalue weighted by Crippen LogP contribution is 2.23. The lowest BCUT2D eigenvalue weighted by Crippen LogP contribution is -2.17. The lowest BCUT2D eigenvalue weighted by atomic mass is 10.2. The molecule has 0 aliphatic rings. The summed E-state index contributed by atoms with van der Waals surface area (Å²) in [7, 11) is -2.81. The van der Waals surface area contributed by atoms with Crippen LogP contribution in [0.1, 0.15) is 21.6 Å². The third kappa shape index (κ3) is 2.89. The van der Waals surface area contributed by atoms with Gasteiger partial charge < -0.3 is 9.26 Å². The molecule has 0 saturated heterocycles. The number of sulfonamides is 1. The summed E-state index contributed by atoms with van der Waals surface area (Å²) in [6.45, 7) is 3.37. The van der Waals surface area contributed by atoms with Crippen LogP contribution in [0.5, 0.6) is 0 Å². The molecule has 0 unspecified atom stereocenters. The van der Waals surface area contributed by atoms with Crippen LogP contribution in [0.15, 0.2) is 33.7 Å².